The number of aromatic nitrogens is 1. The van der Waals surface area contributed by atoms with Gasteiger partial charge in [-0.05, 0) is 31.9 Å². The van der Waals surface area contributed by atoms with E-state index in [1.807, 2.05) is 24.0 Å². The van der Waals surface area contributed by atoms with Crippen molar-refractivity contribution in [2.75, 3.05) is 7.11 Å². The molecule has 1 atom stereocenters. The lowest BCUT2D eigenvalue weighted by Crippen LogP contribution is -2.47. The second-order valence-corrected chi connectivity index (χ2v) is 6.84. The van der Waals surface area contributed by atoms with E-state index in [2.05, 4.69) is 10.3 Å². The molecule has 0 bridgehead atoms. The summed E-state index contributed by atoms with van der Waals surface area (Å²) >= 11 is 0. The first kappa shape index (κ1) is 18.3. The van der Waals surface area contributed by atoms with Crippen LogP contribution < -0.4 is 10.1 Å². The van der Waals surface area contributed by atoms with Crippen molar-refractivity contribution >= 4 is 6.03 Å². The van der Waals surface area contributed by atoms with Crippen molar-refractivity contribution in [3.05, 3.63) is 48.2 Å². The first-order chi connectivity index (χ1) is 12.7. The van der Waals surface area contributed by atoms with Crippen LogP contribution >= 0.6 is 0 Å². The zero-order chi connectivity index (χ0) is 18.4. The molecule has 26 heavy (non-hydrogen) atoms. The van der Waals surface area contributed by atoms with E-state index in [4.69, 9.17) is 9.15 Å². The quantitative estimate of drug-likeness (QED) is 0.837. The van der Waals surface area contributed by atoms with Crippen LogP contribution in [-0.2, 0) is 6.54 Å². The second kappa shape index (κ2) is 8.74. The number of pyridine rings is 1. The number of hydrogen-bond acceptors (Lipinski definition) is 4. The fraction of sp³-hybridized carbons (Fsp3) is 0.500. The van der Waals surface area contributed by atoms with E-state index in [9.17, 15) is 4.79 Å². The van der Waals surface area contributed by atoms with E-state index >= 15 is 0 Å². The maximum Gasteiger partial charge on any atom is 0.318 e. The zero-order valence-electron chi connectivity index (χ0n) is 15.5. The molecule has 0 aliphatic heterocycles. The Bertz CT molecular complexity index is 696. The number of carbonyl (C=O) groups is 1. The number of methoxy groups -OCH3 is 1. The van der Waals surface area contributed by atoms with Crippen molar-refractivity contribution in [3.8, 4) is 5.75 Å². The van der Waals surface area contributed by atoms with Gasteiger partial charge in [-0.25, -0.2) is 4.79 Å². The van der Waals surface area contributed by atoms with Crippen molar-refractivity contribution in [3.63, 3.8) is 0 Å². The molecule has 1 aliphatic carbocycles. The molecule has 2 heterocycles. The van der Waals surface area contributed by atoms with Crippen LogP contribution in [0, 0.1) is 0 Å². The number of nitrogens with zero attached hydrogens (tertiary/aromatic N) is 2. The standard InChI is InChI=1S/C20H27N3O3/c1-15(18-8-10-21-12-19(18)25-2)22-20(24)23(13-16-9-11-26-14-16)17-6-4-3-5-7-17/h8-12,14-15,17H,3-7,13H2,1-2H3,(H,22,24). The number of furan rings is 1. The average molecular weight is 357 g/mol. The van der Waals surface area contributed by atoms with E-state index < -0.39 is 0 Å². The largest absolute Gasteiger partial charge is 0.495 e. The number of urea groups is 1. The van der Waals surface area contributed by atoms with Crippen LogP contribution in [0.1, 0.15) is 56.2 Å². The fourth-order valence-electron chi connectivity index (χ4n) is 3.60. The van der Waals surface area contributed by atoms with Crippen LogP contribution in [0.25, 0.3) is 0 Å². The SMILES string of the molecule is COc1cnccc1C(C)NC(=O)N(Cc1ccoc1)C1CCCCC1. The van der Waals surface area contributed by atoms with Crippen molar-refractivity contribution in [2.24, 2.45) is 0 Å². The summed E-state index contributed by atoms with van der Waals surface area (Å²) in [5.41, 5.74) is 1.93. The summed E-state index contributed by atoms with van der Waals surface area (Å²) in [6.07, 6.45) is 12.4. The highest BCUT2D eigenvalue weighted by atomic mass is 16.5. The molecule has 0 spiro atoms. The lowest BCUT2D eigenvalue weighted by atomic mass is 9.94. The third-order valence-corrected chi connectivity index (χ3v) is 5.05. The smallest absolute Gasteiger partial charge is 0.318 e. The van der Waals surface area contributed by atoms with E-state index in [0.29, 0.717) is 12.3 Å². The summed E-state index contributed by atoms with van der Waals surface area (Å²) in [5, 5.41) is 3.13. The molecule has 2 amide bonds. The highest BCUT2D eigenvalue weighted by Crippen LogP contribution is 2.27. The fourth-order valence-corrected chi connectivity index (χ4v) is 3.60. The molecule has 2 aromatic rings. The molecule has 6 nitrogen and oxygen atoms in total. The van der Waals surface area contributed by atoms with Crippen LogP contribution in [0.5, 0.6) is 5.75 Å². The Hall–Kier alpha value is -2.50. The van der Waals surface area contributed by atoms with Gasteiger partial charge in [-0.3, -0.25) is 4.98 Å². The van der Waals surface area contributed by atoms with Gasteiger partial charge in [-0.1, -0.05) is 19.3 Å². The molecule has 0 aromatic carbocycles. The Morgan fingerprint density at radius 1 is 1.38 bits per heavy atom. The van der Waals surface area contributed by atoms with Crippen molar-refractivity contribution in [2.45, 2.75) is 57.7 Å². The Morgan fingerprint density at radius 3 is 2.88 bits per heavy atom. The zero-order valence-corrected chi connectivity index (χ0v) is 15.5. The summed E-state index contributed by atoms with van der Waals surface area (Å²) in [5.74, 6) is 0.680. The molecular weight excluding hydrogens is 330 g/mol. The highest BCUT2D eigenvalue weighted by Gasteiger charge is 2.27. The third-order valence-electron chi connectivity index (χ3n) is 5.05. The molecule has 6 heteroatoms. The average Bonchev–Trinajstić information content (AvgIpc) is 3.20. The molecule has 0 saturated heterocycles. The van der Waals surface area contributed by atoms with Crippen LogP contribution in [0.2, 0.25) is 0 Å². The summed E-state index contributed by atoms with van der Waals surface area (Å²) in [6, 6.07) is 3.84. The normalized spacial score (nSPS) is 16.1. The van der Waals surface area contributed by atoms with Gasteiger partial charge in [0.05, 0.1) is 38.4 Å². The Labute approximate surface area is 154 Å². The van der Waals surface area contributed by atoms with Crippen LogP contribution in [0.15, 0.2) is 41.5 Å². The van der Waals surface area contributed by atoms with E-state index in [-0.39, 0.29) is 18.1 Å². The van der Waals surface area contributed by atoms with Crippen LogP contribution in [0.4, 0.5) is 4.79 Å². The van der Waals surface area contributed by atoms with Gasteiger partial charge in [0, 0.05) is 23.4 Å². The van der Waals surface area contributed by atoms with E-state index in [0.717, 1.165) is 24.0 Å². The minimum absolute atomic E-state index is 0.0514. The number of carbonyl (C=O) groups excluding carboxylic acids is 1. The summed E-state index contributed by atoms with van der Waals surface area (Å²) in [7, 11) is 1.61. The number of amides is 2. The van der Waals surface area contributed by atoms with Gasteiger partial charge in [-0.15, -0.1) is 0 Å². The van der Waals surface area contributed by atoms with Crippen molar-refractivity contribution in [1.82, 2.24) is 15.2 Å². The Morgan fingerprint density at radius 2 is 2.19 bits per heavy atom. The molecule has 1 fully saturated rings. The summed E-state index contributed by atoms with van der Waals surface area (Å²) in [6.45, 7) is 2.53. The molecule has 2 aromatic heterocycles. The van der Waals surface area contributed by atoms with Crippen molar-refractivity contribution < 1.29 is 13.9 Å². The van der Waals surface area contributed by atoms with Gasteiger partial charge in [0.15, 0.2) is 0 Å². The number of hydrogen-bond donors (Lipinski definition) is 1. The first-order valence-electron chi connectivity index (χ1n) is 9.25. The Kier molecular flexibility index (Phi) is 6.15. The molecule has 3 rings (SSSR count). The van der Waals surface area contributed by atoms with Gasteiger partial charge < -0.3 is 19.4 Å². The minimum atomic E-state index is -0.170. The number of rotatable bonds is 6. The maximum atomic E-state index is 13.1. The maximum absolute atomic E-state index is 13.1. The molecule has 1 saturated carbocycles. The van der Waals surface area contributed by atoms with E-state index in [1.54, 1.807) is 32.0 Å². The van der Waals surface area contributed by atoms with Crippen LogP contribution in [0.3, 0.4) is 0 Å². The third kappa shape index (κ3) is 4.36. The number of ether oxygens (including phenoxy) is 1. The van der Waals surface area contributed by atoms with Gasteiger partial charge in [-0.2, -0.15) is 0 Å². The topological polar surface area (TPSA) is 67.6 Å². The predicted octanol–water partition coefficient (Wildman–Crippen LogP) is 4.29. The van der Waals surface area contributed by atoms with Gasteiger partial charge >= 0.3 is 6.03 Å². The molecule has 0 radical (unpaired) electrons. The molecule has 1 unspecified atom stereocenters. The van der Waals surface area contributed by atoms with E-state index in [1.165, 1.54) is 19.3 Å². The number of nitrogens with one attached hydrogen (secondary N) is 1. The molecule has 140 valence electrons. The van der Waals surface area contributed by atoms with Gasteiger partial charge in [0.2, 0.25) is 0 Å². The van der Waals surface area contributed by atoms with Gasteiger partial charge in [0.25, 0.3) is 0 Å². The summed E-state index contributed by atoms with van der Waals surface area (Å²) < 4.78 is 10.6. The second-order valence-electron chi connectivity index (χ2n) is 6.84. The lowest BCUT2D eigenvalue weighted by Gasteiger charge is -2.35. The molecule has 1 aliphatic rings. The van der Waals surface area contributed by atoms with Crippen LogP contribution in [-0.4, -0.2) is 29.1 Å². The molecule has 1 N–H and O–H groups in total. The summed E-state index contributed by atoms with van der Waals surface area (Å²) in [4.78, 5) is 19.1. The Balaban J connectivity index is 1.73. The van der Waals surface area contributed by atoms with Gasteiger partial charge in [0.1, 0.15) is 5.75 Å². The first-order valence-corrected chi connectivity index (χ1v) is 9.25. The minimum Gasteiger partial charge on any atom is -0.495 e. The predicted molar refractivity (Wildman–Crippen MR) is 98.9 cm³/mol. The monoisotopic (exact) mass is 357 g/mol. The lowest BCUT2D eigenvalue weighted by molar-refractivity contribution is 0.148. The highest BCUT2D eigenvalue weighted by molar-refractivity contribution is 5.75. The van der Waals surface area contributed by atoms with Crippen molar-refractivity contribution in [1.29, 1.82) is 0 Å². The molecular formula is C20H27N3O3.